The standard InChI is InChI=1S/C17H21N3O3S/c1-3-14-8-4-5-9-15(14)24(22,23)19-12-10-16(21)20-17-13(2)7-6-11-18-17/h4-9,11,19H,3,10,12H2,1-2H3,(H,18,20,21). The van der Waals surface area contributed by atoms with Crippen LogP contribution in [0.25, 0.3) is 0 Å². The zero-order valence-electron chi connectivity index (χ0n) is 13.7. The highest BCUT2D eigenvalue weighted by Crippen LogP contribution is 2.15. The molecule has 2 rings (SSSR count). The molecule has 24 heavy (non-hydrogen) atoms. The number of amides is 1. The van der Waals surface area contributed by atoms with Crippen molar-refractivity contribution in [2.24, 2.45) is 0 Å². The molecular formula is C17H21N3O3S. The van der Waals surface area contributed by atoms with Gasteiger partial charge in [0.2, 0.25) is 15.9 Å². The van der Waals surface area contributed by atoms with Crippen LogP contribution in [0.3, 0.4) is 0 Å². The molecule has 2 N–H and O–H groups in total. The molecule has 1 amide bonds. The van der Waals surface area contributed by atoms with E-state index in [0.29, 0.717) is 12.2 Å². The summed E-state index contributed by atoms with van der Waals surface area (Å²) in [6, 6.07) is 10.5. The number of hydrogen-bond donors (Lipinski definition) is 2. The number of rotatable bonds is 7. The Bertz CT molecular complexity index is 819. The molecule has 1 heterocycles. The first-order valence-corrected chi connectivity index (χ1v) is 9.21. The molecule has 1 aromatic heterocycles. The Morgan fingerprint density at radius 2 is 1.92 bits per heavy atom. The van der Waals surface area contributed by atoms with Crippen LogP contribution in [-0.2, 0) is 21.2 Å². The van der Waals surface area contributed by atoms with Crippen LogP contribution in [0.15, 0.2) is 47.5 Å². The largest absolute Gasteiger partial charge is 0.310 e. The van der Waals surface area contributed by atoms with E-state index in [1.807, 2.05) is 19.9 Å². The zero-order chi connectivity index (χ0) is 17.6. The highest BCUT2D eigenvalue weighted by molar-refractivity contribution is 7.89. The van der Waals surface area contributed by atoms with Gasteiger partial charge in [-0.25, -0.2) is 18.1 Å². The highest BCUT2D eigenvalue weighted by Gasteiger charge is 2.17. The van der Waals surface area contributed by atoms with Crippen LogP contribution in [0.5, 0.6) is 0 Å². The molecule has 0 atom stereocenters. The monoisotopic (exact) mass is 347 g/mol. The van der Waals surface area contributed by atoms with Gasteiger partial charge in [0.25, 0.3) is 0 Å². The number of carbonyl (C=O) groups excluding carboxylic acids is 1. The van der Waals surface area contributed by atoms with Gasteiger partial charge in [0, 0.05) is 19.2 Å². The van der Waals surface area contributed by atoms with Crippen LogP contribution in [0.1, 0.15) is 24.5 Å². The minimum absolute atomic E-state index is 0.0259. The first-order chi connectivity index (χ1) is 11.4. The first kappa shape index (κ1) is 18.1. The molecule has 0 bridgehead atoms. The summed E-state index contributed by atoms with van der Waals surface area (Å²) < 4.78 is 27.2. The molecule has 0 unspecified atom stereocenters. The molecule has 0 saturated carbocycles. The van der Waals surface area contributed by atoms with E-state index in [-0.39, 0.29) is 23.8 Å². The SMILES string of the molecule is CCc1ccccc1S(=O)(=O)NCCC(=O)Nc1ncccc1C. The summed E-state index contributed by atoms with van der Waals surface area (Å²) in [4.78, 5) is 16.3. The first-order valence-electron chi connectivity index (χ1n) is 7.73. The van der Waals surface area contributed by atoms with Crippen molar-refractivity contribution in [3.63, 3.8) is 0 Å². The fraction of sp³-hybridized carbons (Fsp3) is 0.294. The van der Waals surface area contributed by atoms with E-state index in [9.17, 15) is 13.2 Å². The molecule has 0 radical (unpaired) electrons. The van der Waals surface area contributed by atoms with Gasteiger partial charge in [-0.05, 0) is 36.6 Å². The van der Waals surface area contributed by atoms with Crippen LogP contribution in [0, 0.1) is 6.92 Å². The molecule has 0 spiro atoms. The molecule has 0 aliphatic heterocycles. The van der Waals surface area contributed by atoms with E-state index < -0.39 is 10.0 Å². The number of aromatic nitrogens is 1. The van der Waals surface area contributed by atoms with Crippen molar-refractivity contribution in [1.82, 2.24) is 9.71 Å². The van der Waals surface area contributed by atoms with Crippen molar-refractivity contribution in [2.45, 2.75) is 31.6 Å². The third-order valence-corrected chi connectivity index (χ3v) is 5.12. The van der Waals surface area contributed by atoms with E-state index in [0.717, 1.165) is 11.1 Å². The number of pyridine rings is 1. The van der Waals surface area contributed by atoms with Gasteiger partial charge in [0.05, 0.1) is 4.90 Å². The van der Waals surface area contributed by atoms with Gasteiger partial charge in [0.15, 0.2) is 0 Å². The Morgan fingerprint density at radius 1 is 1.17 bits per heavy atom. The van der Waals surface area contributed by atoms with Gasteiger partial charge in [-0.15, -0.1) is 0 Å². The molecule has 0 saturated heterocycles. The normalized spacial score (nSPS) is 11.2. The van der Waals surface area contributed by atoms with Gasteiger partial charge < -0.3 is 5.32 Å². The summed E-state index contributed by atoms with van der Waals surface area (Å²) in [7, 11) is -3.63. The van der Waals surface area contributed by atoms with E-state index >= 15 is 0 Å². The third kappa shape index (κ3) is 4.62. The number of nitrogens with one attached hydrogen (secondary N) is 2. The second kappa shape index (κ2) is 8.03. The lowest BCUT2D eigenvalue weighted by Gasteiger charge is -2.11. The quantitative estimate of drug-likeness (QED) is 0.804. The Hall–Kier alpha value is -2.25. The minimum atomic E-state index is -3.63. The van der Waals surface area contributed by atoms with Crippen LogP contribution in [0.2, 0.25) is 0 Å². The van der Waals surface area contributed by atoms with Gasteiger partial charge in [-0.3, -0.25) is 4.79 Å². The van der Waals surface area contributed by atoms with Crippen molar-refractivity contribution in [1.29, 1.82) is 0 Å². The van der Waals surface area contributed by atoms with Crippen molar-refractivity contribution >= 4 is 21.7 Å². The molecule has 2 aromatic rings. The average molecular weight is 347 g/mol. The lowest BCUT2D eigenvalue weighted by atomic mass is 10.2. The van der Waals surface area contributed by atoms with Gasteiger partial charge in [0.1, 0.15) is 5.82 Å². The topological polar surface area (TPSA) is 88.2 Å². The maximum Gasteiger partial charge on any atom is 0.240 e. The van der Waals surface area contributed by atoms with Crippen molar-refractivity contribution in [3.05, 3.63) is 53.7 Å². The predicted octanol–water partition coefficient (Wildman–Crippen LogP) is 2.26. The predicted molar refractivity (Wildman–Crippen MR) is 93.2 cm³/mol. The van der Waals surface area contributed by atoms with Crippen LogP contribution >= 0.6 is 0 Å². The second-order valence-corrected chi connectivity index (χ2v) is 7.06. The number of benzene rings is 1. The van der Waals surface area contributed by atoms with Crippen molar-refractivity contribution < 1.29 is 13.2 Å². The number of carbonyl (C=O) groups is 1. The van der Waals surface area contributed by atoms with Gasteiger partial charge in [-0.1, -0.05) is 31.2 Å². The van der Waals surface area contributed by atoms with Crippen molar-refractivity contribution in [3.8, 4) is 0 Å². The van der Waals surface area contributed by atoms with Gasteiger partial charge >= 0.3 is 0 Å². The van der Waals surface area contributed by atoms with Crippen LogP contribution in [-0.4, -0.2) is 25.9 Å². The van der Waals surface area contributed by atoms with Crippen molar-refractivity contribution in [2.75, 3.05) is 11.9 Å². The molecular weight excluding hydrogens is 326 g/mol. The number of sulfonamides is 1. The molecule has 7 heteroatoms. The second-order valence-electron chi connectivity index (χ2n) is 5.33. The molecule has 1 aromatic carbocycles. The Labute approximate surface area is 142 Å². The third-order valence-electron chi connectivity index (χ3n) is 3.55. The zero-order valence-corrected chi connectivity index (χ0v) is 14.6. The van der Waals surface area contributed by atoms with Gasteiger partial charge in [-0.2, -0.15) is 0 Å². The average Bonchev–Trinajstić information content (AvgIpc) is 2.56. The summed E-state index contributed by atoms with van der Waals surface area (Å²) in [6.45, 7) is 3.77. The summed E-state index contributed by atoms with van der Waals surface area (Å²) in [6.07, 6.45) is 2.24. The molecule has 0 aliphatic rings. The lowest BCUT2D eigenvalue weighted by molar-refractivity contribution is -0.116. The van der Waals surface area contributed by atoms with E-state index in [4.69, 9.17) is 0 Å². The van der Waals surface area contributed by atoms with Crippen LogP contribution < -0.4 is 10.0 Å². The van der Waals surface area contributed by atoms with Crippen LogP contribution in [0.4, 0.5) is 5.82 Å². The molecule has 6 nitrogen and oxygen atoms in total. The lowest BCUT2D eigenvalue weighted by Crippen LogP contribution is -2.28. The highest BCUT2D eigenvalue weighted by atomic mass is 32.2. The minimum Gasteiger partial charge on any atom is -0.310 e. The molecule has 0 aliphatic carbocycles. The maximum atomic E-state index is 12.4. The van der Waals surface area contributed by atoms with E-state index in [1.54, 1.807) is 36.5 Å². The number of hydrogen-bond acceptors (Lipinski definition) is 4. The summed E-state index contributed by atoms with van der Waals surface area (Å²) in [5.41, 5.74) is 1.60. The number of aryl methyl sites for hydroxylation is 2. The van der Waals surface area contributed by atoms with E-state index in [2.05, 4.69) is 15.0 Å². The number of anilines is 1. The molecule has 128 valence electrons. The molecule has 0 fully saturated rings. The smallest absolute Gasteiger partial charge is 0.240 e. The summed E-state index contributed by atoms with van der Waals surface area (Å²) >= 11 is 0. The van der Waals surface area contributed by atoms with E-state index in [1.165, 1.54) is 0 Å². The Morgan fingerprint density at radius 3 is 2.62 bits per heavy atom. The maximum absolute atomic E-state index is 12.4. The Kier molecular flexibility index (Phi) is 6.05. The number of nitrogens with zero attached hydrogens (tertiary/aromatic N) is 1. The summed E-state index contributed by atoms with van der Waals surface area (Å²) in [5, 5.41) is 2.67. The fourth-order valence-corrected chi connectivity index (χ4v) is 3.59. The Balaban J connectivity index is 1.93. The summed E-state index contributed by atoms with van der Waals surface area (Å²) in [5.74, 6) is 0.199. The fourth-order valence-electron chi connectivity index (χ4n) is 2.25.